The van der Waals surface area contributed by atoms with E-state index in [-0.39, 0.29) is 0 Å². The highest BCUT2D eigenvalue weighted by molar-refractivity contribution is 5.89. The van der Waals surface area contributed by atoms with Crippen LogP contribution >= 0.6 is 0 Å². The molecule has 0 saturated carbocycles. The lowest BCUT2D eigenvalue weighted by Gasteiger charge is -2.08. The van der Waals surface area contributed by atoms with E-state index in [9.17, 15) is 4.79 Å². The van der Waals surface area contributed by atoms with Crippen LogP contribution in [0.4, 0.5) is 0 Å². The van der Waals surface area contributed by atoms with E-state index in [1.165, 1.54) is 0 Å². The van der Waals surface area contributed by atoms with E-state index in [0.29, 0.717) is 5.75 Å². The minimum absolute atomic E-state index is 0.432. The number of rotatable bonds is 2. The van der Waals surface area contributed by atoms with Gasteiger partial charge in [-0.2, -0.15) is 0 Å². The number of carbonyl (C=O) groups excluding carboxylic acids is 1. The predicted octanol–water partition coefficient (Wildman–Crippen LogP) is 3.24. The minimum Gasteiger partial charge on any atom is -0.423 e. The first-order valence-corrected chi connectivity index (χ1v) is 5.05. The molecule has 0 aromatic heterocycles. The SMILES string of the molecule is C=CC(=O)Oc1ccc2ccccc2c1C. The van der Waals surface area contributed by atoms with Crippen LogP contribution in [-0.2, 0) is 4.79 Å². The molecule has 0 saturated heterocycles. The van der Waals surface area contributed by atoms with Crippen LogP contribution in [0.15, 0.2) is 49.1 Å². The van der Waals surface area contributed by atoms with Gasteiger partial charge in [-0.15, -0.1) is 0 Å². The summed E-state index contributed by atoms with van der Waals surface area (Å²) in [4.78, 5) is 11.1. The molecule has 2 rings (SSSR count). The van der Waals surface area contributed by atoms with E-state index in [2.05, 4.69) is 6.58 Å². The summed E-state index contributed by atoms with van der Waals surface area (Å²) >= 11 is 0. The molecule has 0 fully saturated rings. The van der Waals surface area contributed by atoms with Crippen LogP contribution < -0.4 is 4.74 Å². The standard InChI is InChI=1S/C14H12O2/c1-3-14(15)16-13-9-8-11-6-4-5-7-12(11)10(13)2/h3-9H,1H2,2H3. The highest BCUT2D eigenvalue weighted by atomic mass is 16.5. The lowest BCUT2D eigenvalue weighted by molar-refractivity contribution is -0.128. The molecular formula is C14H12O2. The van der Waals surface area contributed by atoms with Crippen molar-refractivity contribution >= 4 is 16.7 Å². The topological polar surface area (TPSA) is 26.3 Å². The molecule has 0 radical (unpaired) electrons. The van der Waals surface area contributed by atoms with Crippen LogP contribution in [0.25, 0.3) is 10.8 Å². The Morgan fingerprint density at radius 2 is 2.00 bits per heavy atom. The maximum Gasteiger partial charge on any atom is 0.335 e. The zero-order valence-electron chi connectivity index (χ0n) is 9.07. The van der Waals surface area contributed by atoms with Crippen molar-refractivity contribution in [2.45, 2.75) is 6.92 Å². The fourth-order valence-corrected chi connectivity index (χ4v) is 1.67. The summed E-state index contributed by atoms with van der Waals surface area (Å²) in [6, 6.07) is 11.7. The molecule has 0 aliphatic carbocycles. The van der Waals surface area contributed by atoms with Gasteiger partial charge in [0.2, 0.25) is 0 Å². The Labute approximate surface area is 94.2 Å². The Balaban J connectivity index is 2.52. The van der Waals surface area contributed by atoms with Crippen LogP contribution in [0.5, 0.6) is 5.75 Å². The molecule has 2 aromatic rings. The van der Waals surface area contributed by atoms with E-state index < -0.39 is 5.97 Å². The lowest BCUT2D eigenvalue weighted by Crippen LogP contribution is -2.04. The average molecular weight is 212 g/mol. The van der Waals surface area contributed by atoms with Gasteiger partial charge in [-0.05, 0) is 29.3 Å². The van der Waals surface area contributed by atoms with Crippen molar-refractivity contribution in [3.05, 3.63) is 54.6 Å². The predicted molar refractivity (Wildman–Crippen MR) is 64.5 cm³/mol. The highest BCUT2D eigenvalue weighted by Gasteiger charge is 2.06. The van der Waals surface area contributed by atoms with E-state index in [1.54, 1.807) is 6.07 Å². The summed E-state index contributed by atoms with van der Waals surface area (Å²) in [5, 5.41) is 2.23. The second-order valence-corrected chi connectivity index (χ2v) is 3.54. The average Bonchev–Trinajstić information content (AvgIpc) is 2.33. The molecule has 2 nitrogen and oxygen atoms in total. The van der Waals surface area contributed by atoms with Crippen molar-refractivity contribution in [1.82, 2.24) is 0 Å². The first kappa shape index (κ1) is 10.4. The maximum atomic E-state index is 11.1. The van der Waals surface area contributed by atoms with Crippen LogP contribution in [0.1, 0.15) is 5.56 Å². The smallest absolute Gasteiger partial charge is 0.335 e. The summed E-state index contributed by atoms with van der Waals surface area (Å²) in [7, 11) is 0. The molecule has 2 heteroatoms. The first-order chi connectivity index (χ1) is 7.72. The van der Waals surface area contributed by atoms with Gasteiger partial charge >= 0.3 is 5.97 Å². The highest BCUT2D eigenvalue weighted by Crippen LogP contribution is 2.27. The zero-order valence-corrected chi connectivity index (χ0v) is 9.07. The molecule has 0 bridgehead atoms. The van der Waals surface area contributed by atoms with E-state index in [0.717, 1.165) is 22.4 Å². The number of carbonyl (C=O) groups is 1. The Kier molecular flexibility index (Phi) is 2.73. The monoisotopic (exact) mass is 212 g/mol. The van der Waals surface area contributed by atoms with Gasteiger partial charge in [0.15, 0.2) is 0 Å². The fraction of sp³-hybridized carbons (Fsp3) is 0.0714. The van der Waals surface area contributed by atoms with Crippen molar-refractivity contribution in [3.63, 3.8) is 0 Å². The third kappa shape index (κ3) is 1.82. The Bertz CT molecular complexity index is 556. The third-order valence-electron chi connectivity index (χ3n) is 2.53. The second kappa shape index (κ2) is 4.19. The first-order valence-electron chi connectivity index (χ1n) is 5.05. The summed E-state index contributed by atoms with van der Waals surface area (Å²) in [6.07, 6.45) is 1.16. The molecule has 0 spiro atoms. The summed E-state index contributed by atoms with van der Waals surface area (Å²) in [5.74, 6) is 0.155. The van der Waals surface area contributed by atoms with E-state index in [1.807, 2.05) is 37.3 Å². The maximum absolute atomic E-state index is 11.1. The van der Waals surface area contributed by atoms with Crippen LogP contribution in [0.2, 0.25) is 0 Å². The second-order valence-electron chi connectivity index (χ2n) is 3.54. The fourth-order valence-electron chi connectivity index (χ4n) is 1.67. The van der Waals surface area contributed by atoms with Crippen LogP contribution in [0, 0.1) is 6.92 Å². The minimum atomic E-state index is -0.432. The molecule has 80 valence electrons. The van der Waals surface area contributed by atoms with Crippen LogP contribution in [0.3, 0.4) is 0 Å². The summed E-state index contributed by atoms with van der Waals surface area (Å²) in [6.45, 7) is 5.31. The number of hydrogen-bond donors (Lipinski definition) is 0. The largest absolute Gasteiger partial charge is 0.423 e. The Morgan fingerprint density at radius 3 is 2.75 bits per heavy atom. The molecule has 0 atom stereocenters. The lowest BCUT2D eigenvalue weighted by atomic mass is 10.0. The summed E-state index contributed by atoms with van der Waals surface area (Å²) in [5.41, 5.74) is 0.966. The van der Waals surface area contributed by atoms with Gasteiger partial charge in [0.1, 0.15) is 5.75 Å². The number of ether oxygens (including phenoxy) is 1. The van der Waals surface area contributed by atoms with Crippen LogP contribution in [-0.4, -0.2) is 5.97 Å². The molecule has 0 aliphatic heterocycles. The molecule has 0 heterocycles. The van der Waals surface area contributed by atoms with E-state index in [4.69, 9.17) is 4.74 Å². The third-order valence-corrected chi connectivity index (χ3v) is 2.53. The molecule has 0 aliphatic rings. The Hall–Kier alpha value is -2.09. The number of aryl methyl sites for hydroxylation is 1. The van der Waals surface area contributed by atoms with Gasteiger partial charge in [0.05, 0.1) is 0 Å². The van der Waals surface area contributed by atoms with Crippen molar-refractivity contribution in [3.8, 4) is 5.75 Å². The van der Waals surface area contributed by atoms with Gasteiger partial charge < -0.3 is 4.74 Å². The van der Waals surface area contributed by atoms with Gasteiger partial charge in [-0.3, -0.25) is 0 Å². The summed E-state index contributed by atoms with van der Waals surface area (Å²) < 4.78 is 5.15. The number of benzene rings is 2. The van der Waals surface area contributed by atoms with Crippen molar-refractivity contribution in [2.75, 3.05) is 0 Å². The molecule has 2 aromatic carbocycles. The normalized spacial score (nSPS) is 10.1. The molecule has 0 amide bonds. The van der Waals surface area contributed by atoms with Gasteiger partial charge in [0, 0.05) is 6.08 Å². The molecule has 0 N–H and O–H groups in total. The molecule has 16 heavy (non-hydrogen) atoms. The zero-order chi connectivity index (χ0) is 11.5. The number of hydrogen-bond acceptors (Lipinski definition) is 2. The van der Waals surface area contributed by atoms with Gasteiger partial charge in [-0.1, -0.05) is 36.9 Å². The number of fused-ring (bicyclic) bond motifs is 1. The van der Waals surface area contributed by atoms with E-state index >= 15 is 0 Å². The van der Waals surface area contributed by atoms with Gasteiger partial charge in [0.25, 0.3) is 0 Å². The van der Waals surface area contributed by atoms with Gasteiger partial charge in [-0.25, -0.2) is 4.79 Å². The number of esters is 1. The van der Waals surface area contributed by atoms with Crippen molar-refractivity contribution in [1.29, 1.82) is 0 Å². The van der Waals surface area contributed by atoms with Crippen molar-refractivity contribution < 1.29 is 9.53 Å². The molecule has 0 unspecified atom stereocenters. The molecular weight excluding hydrogens is 200 g/mol. The Morgan fingerprint density at radius 1 is 1.25 bits per heavy atom. The quantitative estimate of drug-likeness (QED) is 0.434. The van der Waals surface area contributed by atoms with Crippen molar-refractivity contribution in [2.24, 2.45) is 0 Å².